The minimum absolute atomic E-state index is 0.0645. The minimum Gasteiger partial charge on any atom is -0.423 e. The van der Waals surface area contributed by atoms with Crippen molar-refractivity contribution in [3.8, 4) is 55.9 Å². The first-order valence-electron chi connectivity index (χ1n) is 22.9. The van der Waals surface area contributed by atoms with E-state index in [4.69, 9.17) is 9.97 Å². The van der Waals surface area contributed by atoms with E-state index < -0.39 is 7.12 Å². The Kier molecular flexibility index (Phi) is 11.6. The first kappa shape index (κ1) is 46.8. The Morgan fingerprint density at radius 2 is 0.886 bits per heavy atom. The number of hydrogen-bond acceptors (Lipinski definition) is 6. The third-order valence-electron chi connectivity index (χ3n) is 14.5. The molecule has 8 nitrogen and oxygen atoms in total. The van der Waals surface area contributed by atoms with Crippen molar-refractivity contribution in [1.82, 2.24) is 28.7 Å². The van der Waals surface area contributed by atoms with Crippen LogP contribution in [0.2, 0.25) is 0 Å². The highest BCUT2D eigenvalue weighted by molar-refractivity contribution is 9.11. The first-order valence-corrected chi connectivity index (χ1v) is 26.1. The van der Waals surface area contributed by atoms with Gasteiger partial charge in [0.25, 0.3) is 0 Å². The van der Waals surface area contributed by atoms with Gasteiger partial charge in [-0.2, -0.15) is 0 Å². The predicted molar refractivity (Wildman–Crippen MR) is 297 cm³/mol. The Morgan fingerprint density at radius 1 is 0.457 bits per heavy atom. The van der Waals surface area contributed by atoms with Crippen molar-refractivity contribution in [2.24, 2.45) is 0 Å². The van der Waals surface area contributed by atoms with E-state index in [2.05, 4.69) is 223 Å². The monoisotopic (exact) mass is 1170 g/mol. The number of fused-ring (bicyclic) bond motifs is 11. The lowest BCUT2D eigenvalue weighted by Crippen LogP contribution is -2.31. The molecule has 0 spiro atoms. The van der Waals surface area contributed by atoms with Gasteiger partial charge in [0, 0.05) is 39.8 Å². The van der Waals surface area contributed by atoms with E-state index in [9.17, 15) is 10.0 Å². The van der Waals surface area contributed by atoms with Gasteiger partial charge in [0.05, 0.1) is 18.1 Å². The van der Waals surface area contributed by atoms with Crippen molar-refractivity contribution < 1.29 is 10.0 Å². The number of benzene rings is 6. The summed E-state index contributed by atoms with van der Waals surface area (Å²) in [7, 11) is -1.41. The van der Waals surface area contributed by atoms with E-state index in [1.807, 2.05) is 41.1 Å². The summed E-state index contributed by atoms with van der Waals surface area (Å²) in [5, 5.41) is 18.6. The molecule has 0 radical (unpaired) electrons. The molecule has 0 unspecified atom stereocenters. The Labute approximate surface area is 440 Å². The molecule has 2 N–H and O–H groups in total. The molecule has 4 aromatic heterocycles. The smallest absolute Gasteiger partial charge is 0.423 e. The summed E-state index contributed by atoms with van der Waals surface area (Å²) in [6, 6.07) is 45.1. The molecule has 13 rings (SSSR count). The van der Waals surface area contributed by atoms with Crippen LogP contribution in [0.5, 0.6) is 0 Å². The standard InChI is InChI=1S/C36H28BrN3.C15H15BO2.C6H2Br3N3/c1-35(2)27-11-7-5-9-23(27)25-15-13-21(17-29(25)35)31-20-40-32(37)19-38-34(40)33(39-31)22-14-16-26-24-10-6-8-12-28(24)36(3,4)30(26)18-22;1-15(2)13-6-4-3-5-11(13)12-8-7-10(16(17)18)9-14(12)15;7-3-2-12-4(8)1-10-6(12)5(9)11-3/h5-20H,1-4H3;3-9,17-18H,1-2H3;1-2H. The molecule has 4 heterocycles. The molecular weight excluding hydrogens is 1130 g/mol. The summed E-state index contributed by atoms with van der Waals surface area (Å²) in [6.07, 6.45) is 7.53. The predicted octanol–water partition coefficient (Wildman–Crippen LogP) is 14.1. The molecule has 0 bridgehead atoms. The number of halogens is 4. The molecule has 70 heavy (non-hydrogen) atoms. The second-order valence-corrected chi connectivity index (χ2v) is 22.8. The Balaban J connectivity index is 0.000000145. The van der Waals surface area contributed by atoms with Gasteiger partial charge in [-0.1, -0.05) is 157 Å². The quantitative estimate of drug-likeness (QED) is 0.171. The molecule has 0 atom stereocenters. The molecule has 13 heteroatoms. The summed E-state index contributed by atoms with van der Waals surface area (Å²) in [6.45, 7) is 13.6. The topological polar surface area (TPSA) is 101 Å². The van der Waals surface area contributed by atoms with Crippen LogP contribution in [0.15, 0.2) is 171 Å². The molecule has 0 saturated carbocycles. The van der Waals surface area contributed by atoms with Crippen molar-refractivity contribution in [2.45, 2.75) is 57.8 Å². The second kappa shape index (κ2) is 17.4. The Hall–Kier alpha value is -5.54. The molecule has 346 valence electrons. The summed E-state index contributed by atoms with van der Waals surface area (Å²) in [4.78, 5) is 18.3. The van der Waals surface area contributed by atoms with E-state index in [0.29, 0.717) is 5.46 Å². The van der Waals surface area contributed by atoms with Gasteiger partial charge < -0.3 is 10.0 Å². The molecular formula is C57H45BBr4N6O2. The number of rotatable bonds is 3. The highest BCUT2D eigenvalue weighted by Gasteiger charge is 2.38. The van der Waals surface area contributed by atoms with E-state index in [-0.39, 0.29) is 16.2 Å². The van der Waals surface area contributed by atoms with Crippen LogP contribution in [0, 0.1) is 0 Å². The zero-order chi connectivity index (χ0) is 49.0. The maximum Gasteiger partial charge on any atom is 0.488 e. The summed E-state index contributed by atoms with van der Waals surface area (Å²) in [5.74, 6) is 0. The maximum atomic E-state index is 9.30. The van der Waals surface area contributed by atoms with Crippen molar-refractivity contribution in [2.75, 3.05) is 0 Å². The van der Waals surface area contributed by atoms with Crippen LogP contribution in [0.1, 0.15) is 74.9 Å². The van der Waals surface area contributed by atoms with E-state index >= 15 is 0 Å². The molecule has 10 aromatic rings. The zero-order valence-corrected chi connectivity index (χ0v) is 45.4. The van der Waals surface area contributed by atoms with Crippen molar-refractivity contribution in [3.05, 3.63) is 204 Å². The van der Waals surface area contributed by atoms with Crippen LogP contribution >= 0.6 is 63.7 Å². The van der Waals surface area contributed by atoms with Gasteiger partial charge in [0.1, 0.15) is 19.5 Å². The second-order valence-electron chi connectivity index (χ2n) is 19.6. The van der Waals surface area contributed by atoms with Crippen LogP contribution in [0.4, 0.5) is 0 Å². The van der Waals surface area contributed by atoms with Gasteiger partial charge in [0.2, 0.25) is 0 Å². The average Bonchev–Trinajstić information content (AvgIpc) is 4.11. The lowest BCUT2D eigenvalue weighted by atomic mass is 9.75. The molecule has 3 aliphatic rings. The lowest BCUT2D eigenvalue weighted by Gasteiger charge is -2.22. The largest absolute Gasteiger partial charge is 0.488 e. The average molecular weight is 1180 g/mol. The van der Waals surface area contributed by atoms with Gasteiger partial charge in [-0.25, -0.2) is 19.9 Å². The minimum atomic E-state index is -1.41. The van der Waals surface area contributed by atoms with Gasteiger partial charge in [-0.15, -0.1) is 0 Å². The molecule has 6 aromatic carbocycles. The summed E-state index contributed by atoms with van der Waals surface area (Å²) < 4.78 is 7.30. The van der Waals surface area contributed by atoms with E-state index in [1.54, 1.807) is 12.3 Å². The highest BCUT2D eigenvalue weighted by Crippen LogP contribution is 2.52. The fraction of sp³-hybridized carbons (Fsp3) is 0.158. The van der Waals surface area contributed by atoms with E-state index in [0.717, 1.165) is 57.8 Å². The van der Waals surface area contributed by atoms with Crippen molar-refractivity contribution in [3.63, 3.8) is 0 Å². The fourth-order valence-corrected chi connectivity index (χ4v) is 12.6. The van der Waals surface area contributed by atoms with Gasteiger partial charge in [0.15, 0.2) is 15.9 Å². The Bertz CT molecular complexity index is 3770. The fourth-order valence-electron chi connectivity index (χ4n) is 10.8. The van der Waals surface area contributed by atoms with E-state index in [1.165, 1.54) is 61.2 Å². The highest BCUT2D eigenvalue weighted by atomic mass is 79.9. The lowest BCUT2D eigenvalue weighted by molar-refractivity contribution is 0.425. The van der Waals surface area contributed by atoms with Crippen molar-refractivity contribution in [1.29, 1.82) is 0 Å². The van der Waals surface area contributed by atoms with Crippen molar-refractivity contribution >= 4 is 87.6 Å². The molecule has 3 aliphatic carbocycles. The number of imidazole rings is 2. The molecule has 0 aliphatic heterocycles. The van der Waals surface area contributed by atoms with Crippen LogP contribution in [0.3, 0.4) is 0 Å². The number of nitrogens with zero attached hydrogens (tertiary/aromatic N) is 6. The maximum absolute atomic E-state index is 9.30. The molecule has 0 amide bonds. The Morgan fingerprint density at radius 3 is 1.41 bits per heavy atom. The third-order valence-corrected chi connectivity index (χ3v) is 16.6. The van der Waals surface area contributed by atoms with Crippen LogP contribution in [-0.2, 0) is 16.2 Å². The molecule has 0 saturated heterocycles. The van der Waals surface area contributed by atoms with Crippen LogP contribution < -0.4 is 5.46 Å². The van der Waals surface area contributed by atoms with Crippen LogP contribution in [0.25, 0.3) is 67.2 Å². The van der Waals surface area contributed by atoms with Crippen LogP contribution in [-0.4, -0.2) is 45.9 Å². The van der Waals surface area contributed by atoms with Gasteiger partial charge in [-0.05, 0) is 148 Å². The third kappa shape index (κ3) is 7.58. The van der Waals surface area contributed by atoms with Gasteiger partial charge >= 0.3 is 7.12 Å². The number of hydrogen-bond donors (Lipinski definition) is 2. The number of aromatic nitrogens is 6. The molecule has 0 fully saturated rings. The summed E-state index contributed by atoms with van der Waals surface area (Å²) >= 11 is 13.7. The zero-order valence-electron chi connectivity index (χ0n) is 39.1. The first-order chi connectivity index (χ1) is 33.4. The normalized spacial score (nSPS) is 14.6. The SMILES string of the molecule is Brc1cn2c(Br)cnc2c(Br)n1.CC1(C)c2ccccc2-c2ccc(-c3cn4c(Br)cnc4c(-c4ccc5c(c4)C(C)(C)c4ccccc4-5)n3)cc21.CC1(C)c2ccccc2-c2ccc(B(O)O)cc21. The summed E-state index contributed by atoms with van der Waals surface area (Å²) in [5.41, 5.74) is 21.6. The van der Waals surface area contributed by atoms with Gasteiger partial charge in [-0.3, -0.25) is 8.80 Å².